The number of rotatable bonds is 6. The number of benzene rings is 1. The predicted octanol–water partition coefficient (Wildman–Crippen LogP) is 1.74. The second-order valence-corrected chi connectivity index (χ2v) is 7.48. The van der Waals surface area contributed by atoms with Crippen LogP contribution < -0.4 is 10.6 Å². The van der Waals surface area contributed by atoms with Crippen LogP contribution in [0.1, 0.15) is 6.92 Å². The zero-order valence-electron chi connectivity index (χ0n) is 13.1. The Morgan fingerprint density at radius 3 is 2.78 bits per heavy atom. The maximum absolute atomic E-state index is 11.9. The maximum atomic E-state index is 11.9. The summed E-state index contributed by atoms with van der Waals surface area (Å²) in [5, 5.41) is 9.51. The first-order valence-electron chi connectivity index (χ1n) is 7.17. The van der Waals surface area contributed by atoms with Crippen LogP contribution in [0.15, 0.2) is 47.6 Å². The second kappa shape index (κ2) is 7.28. The Morgan fingerprint density at radius 2 is 2.13 bits per heavy atom. The summed E-state index contributed by atoms with van der Waals surface area (Å²) < 4.78 is 24.8. The Hall–Kier alpha value is -2.35. The van der Waals surface area contributed by atoms with Crippen LogP contribution in [0.4, 0.5) is 10.5 Å². The number of hydrogen-bond acceptors (Lipinski definition) is 4. The van der Waals surface area contributed by atoms with Crippen molar-refractivity contribution < 1.29 is 13.2 Å². The van der Waals surface area contributed by atoms with Crippen LogP contribution in [0.25, 0.3) is 0 Å². The van der Waals surface area contributed by atoms with Crippen molar-refractivity contribution in [1.82, 2.24) is 15.1 Å². The first-order chi connectivity index (χ1) is 10.8. The quantitative estimate of drug-likeness (QED) is 0.840. The minimum atomic E-state index is -3.30. The van der Waals surface area contributed by atoms with Crippen molar-refractivity contribution in [1.29, 1.82) is 0 Å². The molecule has 2 aromatic rings. The summed E-state index contributed by atoms with van der Waals surface area (Å²) in [6, 6.07) is 7.63. The normalized spacial score (nSPS) is 12.6. The van der Waals surface area contributed by atoms with Crippen molar-refractivity contribution in [2.24, 2.45) is 5.92 Å². The molecule has 2 amide bonds. The van der Waals surface area contributed by atoms with Crippen LogP contribution in [-0.2, 0) is 16.4 Å². The van der Waals surface area contributed by atoms with E-state index in [4.69, 9.17) is 0 Å². The van der Waals surface area contributed by atoms with Gasteiger partial charge in [0.05, 0.1) is 4.90 Å². The van der Waals surface area contributed by atoms with Crippen LogP contribution in [0, 0.1) is 5.92 Å². The van der Waals surface area contributed by atoms with Gasteiger partial charge >= 0.3 is 6.03 Å². The molecule has 0 aliphatic heterocycles. The minimum absolute atomic E-state index is 0.169. The molecule has 0 unspecified atom stereocenters. The third-order valence-corrected chi connectivity index (χ3v) is 4.30. The van der Waals surface area contributed by atoms with Gasteiger partial charge in [0.15, 0.2) is 9.84 Å². The first-order valence-corrected chi connectivity index (χ1v) is 9.06. The van der Waals surface area contributed by atoms with Gasteiger partial charge in [-0.2, -0.15) is 5.10 Å². The van der Waals surface area contributed by atoms with E-state index < -0.39 is 9.84 Å². The fourth-order valence-corrected chi connectivity index (χ4v) is 2.71. The Bertz CT molecular complexity index is 757. The molecule has 124 valence electrons. The molecule has 1 heterocycles. The van der Waals surface area contributed by atoms with Crippen molar-refractivity contribution in [2.45, 2.75) is 18.4 Å². The molecule has 0 bridgehead atoms. The molecule has 0 radical (unpaired) electrons. The summed E-state index contributed by atoms with van der Waals surface area (Å²) in [5.41, 5.74) is 0.435. The molecule has 0 aliphatic rings. The lowest BCUT2D eigenvalue weighted by Gasteiger charge is -2.13. The Kier molecular flexibility index (Phi) is 5.38. The zero-order valence-corrected chi connectivity index (χ0v) is 13.9. The van der Waals surface area contributed by atoms with Gasteiger partial charge in [0.2, 0.25) is 0 Å². The van der Waals surface area contributed by atoms with Crippen molar-refractivity contribution in [2.75, 3.05) is 18.1 Å². The SMILES string of the molecule is C[C@@H](CNC(=O)Nc1cccc(S(C)(=O)=O)c1)Cn1cccn1. The molecule has 0 saturated carbocycles. The van der Waals surface area contributed by atoms with Gasteiger partial charge in [0, 0.05) is 37.4 Å². The van der Waals surface area contributed by atoms with Gasteiger partial charge in [-0.15, -0.1) is 0 Å². The van der Waals surface area contributed by atoms with Crippen molar-refractivity contribution in [3.8, 4) is 0 Å². The molecule has 1 aromatic heterocycles. The van der Waals surface area contributed by atoms with E-state index in [1.807, 2.05) is 19.2 Å². The van der Waals surface area contributed by atoms with E-state index in [0.29, 0.717) is 18.8 Å². The van der Waals surface area contributed by atoms with E-state index >= 15 is 0 Å². The molecule has 2 N–H and O–H groups in total. The molecular formula is C15H20N4O3S. The van der Waals surface area contributed by atoms with Crippen LogP contribution in [0.2, 0.25) is 0 Å². The van der Waals surface area contributed by atoms with Gasteiger partial charge in [0.1, 0.15) is 0 Å². The molecular weight excluding hydrogens is 316 g/mol. The molecule has 23 heavy (non-hydrogen) atoms. The van der Waals surface area contributed by atoms with E-state index in [9.17, 15) is 13.2 Å². The van der Waals surface area contributed by atoms with Crippen molar-refractivity contribution in [3.63, 3.8) is 0 Å². The van der Waals surface area contributed by atoms with E-state index in [1.165, 1.54) is 12.1 Å². The molecule has 0 aliphatic carbocycles. The van der Waals surface area contributed by atoms with Gasteiger partial charge in [-0.25, -0.2) is 13.2 Å². The van der Waals surface area contributed by atoms with Gasteiger partial charge < -0.3 is 10.6 Å². The predicted molar refractivity (Wildman–Crippen MR) is 88.0 cm³/mol. The number of carbonyl (C=O) groups excluding carboxylic acids is 1. The van der Waals surface area contributed by atoms with E-state index in [1.54, 1.807) is 23.0 Å². The fourth-order valence-electron chi connectivity index (χ4n) is 2.04. The smallest absolute Gasteiger partial charge is 0.319 e. The van der Waals surface area contributed by atoms with Gasteiger partial charge in [-0.1, -0.05) is 13.0 Å². The van der Waals surface area contributed by atoms with Gasteiger partial charge in [0.25, 0.3) is 0 Å². The standard InChI is InChI=1S/C15H20N4O3S/c1-12(11-19-8-4-7-17-19)10-16-15(20)18-13-5-3-6-14(9-13)23(2,21)22/h3-9,12H,10-11H2,1-2H3,(H2,16,18,20)/t12-/m0/s1. The summed E-state index contributed by atoms with van der Waals surface area (Å²) in [6.07, 6.45) is 4.71. The monoisotopic (exact) mass is 336 g/mol. The average molecular weight is 336 g/mol. The number of amides is 2. The molecule has 1 atom stereocenters. The third kappa shape index (κ3) is 5.41. The molecule has 8 heteroatoms. The van der Waals surface area contributed by atoms with E-state index in [0.717, 1.165) is 6.26 Å². The average Bonchev–Trinajstić information content (AvgIpc) is 2.97. The molecule has 1 aromatic carbocycles. The Labute approximate surface area is 135 Å². The Balaban J connectivity index is 1.85. The van der Waals surface area contributed by atoms with Gasteiger partial charge in [-0.3, -0.25) is 4.68 Å². The highest BCUT2D eigenvalue weighted by atomic mass is 32.2. The molecule has 7 nitrogen and oxygen atoms in total. The minimum Gasteiger partial charge on any atom is -0.338 e. The number of carbonyl (C=O) groups is 1. The maximum Gasteiger partial charge on any atom is 0.319 e. The van der Waals surface area contributed by atoms with Crippen LogP contribution in [0.5, 0.6) is 0 Å². The lowest BCUT2D eigenvalue weighted by atomic mass is 10.2. The number of aromatic nitrogens is 2. The summed E-state index contributed by atoms with van der Waals surface area (Å²) in [4.78, 5) is 12.1. The zero-order chi connectivity index (χ0) is 16.9. The topological polar surface area (TPSA) is 93.1 Å². The molecule has 0 spiro atoms. The van der Waals surface area contributed by atoms with Crippen molar-refractivity contribution in [3.05, 3.63) is 42.7 Å². The van der Waals surface area contributed by atoms with Crippen LogP contribution in [0.3, 0.4) is 0 Å². The summed E-state index contributed by atoms with van der Waals surface area (Å²) >= 11 is 0. The highest BCUT2D eigenvalue weighted by Gasteiger charge is 2.10. The second-order valence-electron chi connectivity index (χ2n) is 5.47. The highest BCUT2D eigenvalue weighted by Crippen LogP contribution is 2.15. The summed E-state index contributed by atoms with van der Waals surface area (Å²) in [5.74, 6) is 0.211. The third-order valence-electron chi connectivity index (χ3n) is 3.19. The number of urea groups is 1. The molecule has 0 fully saturated rings. The molecule has 2 rings (SSSR count). The van der Waals surface area contributed by atoms with Crippen molar-refractivity contribution >= 4 is 21.6 Å². The van der Waals surface area contributed by atoms with E-state index in [2.05, 4.69) is 15.7 Å². The van der Waals surface area contributed by atoms with E-state index in [-0.39, 0.29) is 16.8 Å². The number of anilines is 1. The number of nitrogens with one attached hydrogen (secondary N) is 2. The largest absolute Gasteiger partial charge is 0.338 e. The van der Waals surface area contributed by atoms with Crippen LogP contribution in [-0.4, -0.2) is 37.0 Å². The Morgan fingerprint density at radius 1 is 1.35 bits per heavy atom. The highest BCUT2D eigenvalue weighted by molar-refractivity contribution is 7.90. The molecule has 0 saturated heterocycles. The fraction of sp³-hybridized carbons (Fsp3) is 0.333. The van der Waals surface area contributed by atoms with Crippen LogP contribution >= 0.6 is 0 Å². The lowest BCUT2D eigenvalue weighted by Crippen LogP contribution is -2.33. The first kappa shape index (κ1) is 17.0. The summed E-state index contributed by atoms with van der Waals surface area (Å²) in [6.45, 7) is 3.19. The number of hydrogen-bond donors (Lipinski definition) is 2. The lowest BCUT2D eigenvalue weighted by molar-refractivity contribution is 0.249. The number of nitrogens with zero attached hydrogens (tertiary/aromatic N) is 2. The van der Waals surface area contributed by atoms with Gasteiger partial charge in [-0.05, 0) is 30.2 Å². The number of sulfone groups is 1. The summed E-state index contributed by atoms with van der Waals surface area (Å²) in [7, 11) is -3.30.